The molecule has 5 heteroatoms. The highest BCUT2D eigenvalue weighted by atomic mass is 79.9. The number of hydrogen-bond acceptors (Lipinski definition) is 2. The maximum atomic E-state index is 6.06. The SMILES string of the molecule is CC(c1ccsc1)n1c(CCl)nc2ccc(Br)cc21. The first-order valence-electron chi connectivity index (χ1n) is 5.95. The van der Waals surface area contributed by atoms with Gasteiger partial charge < -0.3 is 4.57 Å². The summed E-state index contributed by atoms with van der Waals surface area (Å²) in [4.78, 5) is 4.62. The summed E-state index contributed by atoms with van der Waals surface area (Å²) in [7, 11) is 0. The molecule has 0 aliphatic carbocycles. The van der Waals surface area contributed by atoms with Gasteiger partial charge in [-0.25, -0.2) is 4.98 Å². The number of alkyl halides is 1. The second kappa shape index (κ2) is 5.27. The lowest BCUT2D eigenvalue weighted by Crippen LogP contribution is -2.09. The van der Waals surface area contributed by atoms with E-state index in [2.05, 4.69) is 55.3 Å². The molecule has 1 atom stereocenters. The van der Waals surface area contributed by atoms with Crippen LogP contribution in [0.15, 0.2) is 39.5 Å². The van der Waals surface area contributed by atoms with Gasteiger partial charge in [0.2, 0.25) is 0 Å². The second-order valence-corrected chi connectivity index (χ2v) is 6.36. The van der Waals surface area contributed by atoms with Gasteiger partial charge in [0.05, 0.1) is 23.0 Å². The van der Waals surface area contributed by atoms with Crippen molar-refractivity contribution < 1.29 is 0 Å². The third-order valence-corrected chi connectivity index (χ3v) is 4.69. The number of aromatic nitrogens is 2. The minimum atomic E-state index is 0.235. The van der Waals surface area contributed by atoms with Gasteiger partial charge in [-0.05, 0) is 47.5 Å². The summed E-state index contributed by atoms with van der Waals surface area (Å²) in [6.07, 6.45) is 0. The molecule has 0 saturated heterocycles. The minimum absolute atomic E-state index is 0.235. The molecule has 0 bridgehead atoms. The molecule has 1 aromatic carbocycles. The third-order valence-electron chi connectivity index (χ3n) is 3.26. The fraction of sp³-hybridized carbons (Fsp3) is 0.214. The molecule has 2 heterocycles. The number of imidazole rings is 1. The molecule has 3 rings (SSSR count). The van der Waals surface area contributed by atoms with Gasteiger partial charge in [-0.1, -0.05) is 15.9 Å². The number of nitrogens with zero attached hydrogens (tertiary/aromatic N) is 2. The number of hydrogen-bond donors (Lipinski definition) is 0. The minimum Gasteiger partial charge on any atom is -0.320 e. The van der Waals surface area contributed by atoms with E-state index >= 15 is 0 Å². The number of fused-ring (bicyclic) bond motifs is 1. The lowest BCUT2D eigenvalue weighted by atomic mass is 10.1. The van der Waals surface area contributed by atoms with Gasteiger partial charge in [0.25, 0.3) is 0 Å². The van der Waals surface area contributed by atoms with Crippen molar-refractivity contribution in [3.63, 3.8) is 0 Å². The van der Waals surface area contributed by atoms with Crippen LogP contribution < -0.4 is 0 Å². The zero-order valence-electron chi connectivity index (χ0n) is 10.3. The van der Waals surface area contributed by atoms with Gasteiger partial charge in [0, 0.05) is 4.47 Å². The summed E-state index contributed by atoms with van der Waals surface area (Å²) in [6, 6.07) is 8.51. The molecule has 0 fully saturated rings. The van der Waals surface area contributed by atoms with Crippen LogP contribution in [-0.4, -0.2) is 9.55 Å². The smallest absolute Gasteiger partial charge is 0.125 e. The lowest BCUT2D eigenvalue weighted by Gasteiger charge is -2.16. The summed E-state index contributed by atoms with van der Waals surface area (Å²) >= 11 is 11.3. The summed E-state index contributed by atoms with van der Waals surface area (Å²) < 4.78 is 3.27. The van der Waals surface area contributed by atoms with Crippen LogP contribution in [0.2, 0.25) is 0 Å². The first-order chi connectivity index (χ1) is 9.20. The zero-order chi connectivity index (χ0) is 13.4. The molecule has 0 aliphatic rings. The second-order valence-electron chi connectivity index (χ2n) is 4.40. The highest BCUT2D eigenvalue weighted by Crippen LogP contribution is 2.29. The fourth-order valence-electron chi connectivity index (χ4n) is 2.30. The quantitative estimate of drug-likeness (QED) is 0.590. The molecule has 3 aromatic rings. The fourth-order valence-corrected chi connectivity index (χ4v) is 3.59. The van der Waals surface area contributed by atoms with Crippen molar-refractivity contribution in [3.05, 3.63) is 50.9 Å². The molecule has 19 heavy (non-hydrogen) atoms. The van der Waals surface area contributed by atoms with Crippen LogP contribution >= 0.6 is 38.9 Å². The van der Waals surface area contributed by atoms with Crippen LogP contribution in [0.5, 0.6) is 0 Å². The maximum Gasteiger partial charge on any atom is 0.125 e. The predicted octanol–water partition coefficient (Wildman–Crippen LogP) is 5.21. The van der Waals surface area contributed by atoms with Gasteiger partial charge in [0.15, 0.2) is 0 Å². The largest absolute Gasteiger partial charge is 0.320 e. The van der Waals surface area contributed by atoms with Crippen molar-refractivity contribution in [1.29, 1.82) is 0 Å². The van der Waals surface area contributed by atoms with Crippen molar-refractivity contribution >= 4 is 49.9 Å². The van der Waals surface area contributed by atoms with E-state index in [-0.39, 0.29) is 6.04 Å². The molecule has 98 valence electrons. The Morgan fingerprint density at radius 3 is 2.95 bits per heavy atom. The molecule has 0 radical (unpaired) electrons. The van der Waals surface area contributed by atoms with E-state index in [1.807, 2.05) is 12.1 Å². The Hall–Kier alpha value is -0.840. The first kappa shape index (κ1) is 13.2. The topological polar surface area (TPSA) is 17.8 Å². The molecule has 0 amide bonds. The number of halogens is 2. The monoisotopic (exact) mass is 354 g/mol. The average molecular weight is 356 g/mol. The first-order valence-corrected chi connectivity index (χ1v) is 8.22. The Kier molecular flexibility index (Phi) is 3.65. The van der Waals surface area contributed by atoms with Gasteiger partial charge in [-0.15, -0.1) is 11.6 Å². The van der Waals surface area contributed by atoms with Crippen LogP contribution in [-0.2, 0) is 5.88 Å². The van der Waals surface area contributed by atoms with E-state index < -0.39 is 0 Å². The zero-order valence-corrected chi connectivity index (χ0v) is 13.5. The number of thiophene rings is 1. The Bertz CT molecular complexity index is 706. The summed E-state index contributed by atoms with van der Waals surface area (Å²) in [5.74, 6) is 1.33. The molecular formula is C14H12BrClN2S. The van der Waals surface area contributed by atoms with E-state index in [1.165, 1.54) is 5.56 Å². The van der Waals surface area contributed by atoms with E-state index in [9.17, 15) is 0 Å². The van der Waals surface area contributed by atoms with Crippen LogP contribution in [0.3, 0.4) is 0 Å². The van der Waals surface area contributed by atoms with Crippen LogP contribution in [0.25, 0.3) is 11.0 Å². The van der Waals surface area contributed by atoms with Crippen molar-refractivity contribution in [3.8, 4) is 0 Å². The van der Waals surface area contributed by atoms with Crippen molar-refractivity contribution in [2.45, 2.75) is 18.8 Å². The van der Waals surface area contributed by atoms with E-state index in [0.717, 1.165) is 21.3 Å². The van der Waals surface area contributed by atoms with Crippen molar-refractivity contribution in [2.24, 2.45) is 0 Å². The Morgan fingerprint density at radius 2 is 2.26 bits per heavy atom. The normalized spacial score (nSPS) is 13.0. The van der Waals surface area contributed by atoms with Gasteiger partial charge in [0.1, 0.15) is 5.82 Å². The number of benzene rings is 1. The average Bonchev–Trinajstić information content (AvgIpc) is 3.04. The molecule has 0 aliphatic heterocycles. The van der Waals surface area contributed by atoms with Crippen molar-refractivity contribution in [1.82, 2.24) is 9.55 Å². The standard InChI is InChI=1S/C14H12BrClN2S/c1-9(10-4-5-19-8-10)18-13-6-11(15)2-3-12(13)17-14(18)7-16/h2-6,8-9H,7H2,1H3. The molecular weight excluding hydrogens is 344 g/mol. The molecule has 0 N–H and O–H groups in total. The Balaban J connectivity index is 2.23. The highest BCUT2D eigenvalue weighted by molar-refractivity contribution is 9.10. The molecule has 0 spiro atoms. The van der Waals surface area contributed by atoms with Gasteiger partial charge >= 0.3 is 0 Å². The maximum absolute atomic E-state index is 6.06. The molecule has 0 saturated carbocycles. The molecule has 1 unspecified atom stereocenters. The van der Waals surface area contributed by atoms with Gasteiger partial charge in [-0.3, -0.25) is 0 Å². The highest BCUT2D eigenvalue weighted by Gasteiger charge is 2.17. The summed E-state index contributed by atoms with van der Waals surface area (Å²) in [5.41, 5.74) is 3.39. The molecule has 2 aromatic heterocycles. The lowest BCUT2D eigenvalue weighted by molar-refractivity contribution is 0.636. The summed E-state index contributed by atoms with van der Waals surface area (Å²) in [6.45, 7) is 2.18. The van der Waals surface area contributed by atoms with E-state index in [0.29, 0.717) is 5.88 Å². The predicted molar refractivity (Wildman–Crippen MR) is 85.1 cm³/mol. The van der Waals surface area contributed by atoms with Crippen LogP contribution in [0.1, 0.15) is 24.4 Å². The van der Waals surface area contributed by atoms with Crippen LogP contribution in [0, 0.1) is 0 Å². The third kappa shape index (κ3) is 2.33. The van der Waals surface area contributed by atoms with Crippen LogP contribution in [0.4, 0.5) is 0 Å². The van der Waals surface area contributed by atoms with Crippen molar-refractivity contribution in [2.75, 3.05) is 0 Å². The van der Waals surface area contributed by atoms with Gasteiger partial charge in [-0.2, -0.15) is 11.3 Å². The summed E-state index contributed by atoms with van der Waals surface area (Å²) in [5, 5.41) is 4.27. The Morgan fingerprint density at radius 1 is 1.42 bits per heavy atom. The van der Waals surface area contributed by atoms with E-state index in [1.54, 1.807) is 11.3 Å². The number of rotatable bonds is 3. The Labute approximate surface area is 129 Å². The molecule has 2 nitrogen and oxygen atoms in total. The van der Waals surface area contributed by atoms with E-state index in [4.69, 9.17) is 11.6 Å².